The fourth-order valence-electron chi connectivity index (χ4n) is 3.97. The van der Waals surface area contributed by atoms with Gasteiger partial charge in [0.2, 0.25) is 0 Å². The molecule has 5 rings (SSSR count). The van der Waals surface area contributed by atoms with Crippen molar-refractivity contribution >= 4 is 5.97 Å². The van der Waals surface area contributed by atoms with Crippen molar-refractivity contribution in [1.29, 1.82) is 0 Å². The first-order chi connectivity index (χ1) is 18.0. The fourth-order valence-corrected chi connectivity index (χ4v) is 3.97. The summed E-state index contributed by atoms with van der Waals surface area (Å²) in [4.78, 5) is 15.7. The normalized spacial score (nSPS) is 10.8. The van der Waals surface area contributed by atoms with Gasteiger partial charge in [-0.05, 0) is 48.9 Å². The number of nitrogens with zero attached hydrogens (tertiary/aromatic N) is 4. The van der Waals surface area contributed by atoms with Gasteiger partial charge in [-0.1, -0.05) is 47.7 Å². The predicted octanol–water partition coefficient (Wildman–Crippen LogP) is 5.59. The third-order valence-electron chi connectivity index (χ3n) is 5.97. The molecule has 0 unspecified atom stereocenters. The topological polar surface area (TPSA) is 99.4 Å². The second-order valence-corrected chi connectivity index (χ2v) is 8.42. The maximum Gasteiger partial charge on any atom is 0.335 e. The van der Waals surface area contributed by atoms with E-state index in [0.717, 1.165) is 45.1 Å². The van der Waals surface area contributed by atoms with Crippen molar-refractivity contribution in [2.75, 3.05) is 7.11 Å². The van der Waals surface area contributed by atoms with Crippen molar-refractivity contribution in [3.63, 3.8) is 0 Å². The second-order valence-electron chi connectivity index (χ2n) is 8.42. The van der Waals surface area contributed by atoms with E-state index in [0.29, 0.717) is 12.3 Å². The summed E-state index contributed by atoms with van der Waals surface area (Å²) in [6, 6.07) is 24.1. The van der Waals surface area contributed by atoms with Crippen LogP contribution in [0.2, 0.25) is 0 Å². The number of hydrogen-bond acceptors (Lipinski definition) is 6. The Kier molecular flexibility index (Phi) is 6.63. The number of ether oxygens (including phenoxy) is 2. The van der Waals surface area contributed by atoms with Crippen molar-refractivity contribution in [3.05, 3.63) is 108 Å². The standard InChI is InChI=1S/C29H24N4O4/c1-19-14-25(22-7-5-8-24(15-22)37-18-23-6-3-4-9-28(23)36-2)30-16-27(19)33-17-26(31-32-33)20-10-12-21(13-11-20)29(34)35/h3-17H,18H2,1-2H3,(H,34,35). The number of benzene rings is 3. The van der Waals surface area contributed by atoms with Crippen LogP contribution in [0, 0.1) is 6.92 Å². The highest BCUT2D eigenvalue weighted by molar-refractivity contribution is 5.88. The summed E-state index contributed by atoms with van der Waals surface area (Å²) in [5, 5.41) is 17.6. The van der Waals surface area contributed by atoms with E-state index in [-0.39, 0.29) is 5.56 Å². The molecule has 5 aromatic rings. The first kappa shape index (κ1) is 23.7. The van der Waals surface area contributed by atoms with Gasteiger partial charge in [0.05, 0.1) is 36.4 Å². The predicted molar refractivity (Wildman–Crippen MR) is 139 cm³/mol. The Morgan fingerprint density at radius 3 is 2.51 bits per heavy atom. The van der Waals surface area contributed by atoms with Crippen LogP contribution in [0.25, 0.3) is 28.2 Å². The highest BCUT2D eigenvalue weighted by Crippen LogP contribution is 2.27. The summed E-state index contributed by atoms with van der Waals surface area (Å²) < 4.78 is 13.1. The smallest absolute Gasteiger partial charge is 0.335 e. The highest BCUT2D eigenvalue weighted by atomic mass is 16.5. The van der Waals surface area contributed by atoms with Gasteiger partial charge in [0.15, 0.2) is 0 Å². The SMILES string of the molecule is COc1ccccc1COc1cccc(-c2cc(C)c(-n3cc(-c4ccc(C(=O)O)cc4)nn3)cn2)c1. The van der Waals surface area contributed by atoms with Crippen molar-refractivity contribution in [3.8, 4) is 39.7 Å². The molecule has 2 heterocycles. The van der Waals surface area contributed by atoms with Crippen molar-refractivity contribution < 1.29 is 19.4 Å². The summed E-state index contributed by atoms with van der Waals surface area (Å²) in [6.45, 7) is 2.39. The highest BCUT2D eigenvalue weighted by Gasteiger charge is 2.11. The molecule has 0 saturated heterocycles. The van der Waals surface area contributed by atoms with E-state index in [1.165, 1.54) is 0 Å². The molecular formula is C29H24N4O4. The van der Waals surface area contributed by atoms with Gasteiger partial charge in [0.1, 0.15) is 23.8 Å². The lowest BCUT2D eigenvalue weighted by Crippen LogP contribution is -2.00. The molecule has 0 spiro atoms. The van der Waals surface area contributed by atoms with Crippen LogP contribution in [0.5, 0.6) is 11.5 Å². The van der Waals surface area contributed by atoms with Gasteiger partial charge in [0.25, 0.3) is 0 Å². The maximum absolute atomic E-state index is 11.1. The van der Waals surface area contributed by atoms with E-state index in [4.69, 9.17) is 14.6 Å². The monoisotopic (exact) mass is 492 g/mol. The average molecular weight is 493 g/mol. The minimum Gasteiger partial charge on any atom is -0.496 e. The van der Waals surface area contributed by atoms with Crippen molar-refractivity contribution in [2.45, 2.75) is 13.5 Å². The van der Waals surface area contributed by atoms with Crippen molar-refractivity contribution in [2.24, 2.45) is 0 Å². The van der Waals surface area contributed by atoms with Crippen LogP contribution in [0.3, 0.4) is 0 Å². The number of rotatable bonds is 8. The number of carboxylic acid groups (broad SMARTS) is 1. The first-order valence-corrected chi connectivity index (χ1v) is 11.6. The maximum atomic E-state index is 11.1. The van der Waals surface area contributed by atoms with Crippen LogP contribution in [-0.4, -0.2) is 38.2 Å². The van der Waals surface area contributed by atoms with Gasteiger partial charge in [0, 0.05) is 16.7 Å². The molecule has 0 atom stereocenters. The molecule has 0 saturated carbocycles. The number of carbonyl (C=O) groups is 1. The van der Waals surface area contributed by atoms with E-state index in [9.17, 15) is 4.79 Å². The fraction of sp³-hybridized carbons (Fsp3) is 0.103. The molecule has 0 fully saturated rings. The van der Waals surface area contributed by atoms with E-state index in [1.54, 1.807) is 48.5 Å². The van der Waals surface area contributed by atoms with Crippen LogP contribution < -0.4 is 9.47 Å². The van der Waals surface area contributed by atoms with E-state index in [1.807, 2.05) is 61.5 Å². The lowest BCUT2D eigenvalue weighted by molar-refractivity contribution is 0.0697. The summed E-state index contributed by atoms with van der Waals surface area (Å²) in [5.74, 6) is 0.562. The van der Waals surface area contributed by atoms with Gasteiger partial charge in [-0.25, -0.2) is 9.48 Å². The lowest BCUT2D eigenvalue weighted by atomic mass is 10.1. The number of pyridine rings is 1. The summed E-state index contributed by atoms with van der Waals surface area (Å²) in [6.07, 6.45) is 3.56. The average Bonchev–Trinajstić information content (AvgIpc) is 3.42. The molecule has 3 aromatic carbocycles. The molecule has 0 amide bonds. The first-order valence-electron chi connectivity index (χ1n) is 11.6. The quantitative estimate of drug-likeness (QED) is 0.301. The molecule has 37 heavy (non-hydrogen) atoms. The summed E-state index contributed by atoms with van der Waals surface area (Å²) in [5.41, 5.74) is 6.14. The zero-order valence-corrected chi connectivity index (χ0v) is 20.3. The van der Waals surface area contributed by atoms with Gasteiger partial charge in [-0.3, -0.25) is 4.98 Å². The Labute approximate surface area is 213 Å². The van der Waals surface area contributed by atoms with Crippen LogP contribution in [0.1, 0.15) is 21.5 Å². The minimum absolute atomic E-state index is 0.223. The number of aromatic nitrogens is 4. The van der Waals surface area contributed by atoms with E-state index in [2.05, 4.69) is 15.3 Å². The molecule has 184 valence electrons. The Balaban J connectivity index is 1.33. The molecule has 0 aliphatic heterocycles. The Hall–Kier alpha value is -4.98. The number of aromatic carboxylic acids is 1. The molecule has 2 aromatic heterocycles. The molecule has 1 N–H and O–H groups in total. The number of para-hydroxylation sites is 1. The van der Waals surface area contributed by atoms with E-state index >= 15 is 0 Å². The Bertz CT molecular complexity index is 1560. The molecule has 0 radical (unpaired) electrons. The number of methoxy groups -OCH3 is 1. The Morgan fingerprint density at radius 1 is 0.946 bits per heavy atom. The third kappa shape index (κ3) is 5.18. The summed E-state index contributed by atoms with van der Waals surface area (Å²) in [7, 11) is 1.65. The number of hydrogen-bond donors (Lipinski definition) is 1. The molecule has 0 aliphatic carbocycles. The second kappa shape index (κ2) is 10.3. The summed E-state index contributed by atoms with van der Waals surface area (Å²) >= 11 is 0. The minimum atomic E-state index is -0.967. The molecule has 8 nitrogen and oxygen atoms in total. The lowest BCUT2D eigenvalue weighted by Gasteiger charge is -2.11. The van der Waals surface area contributed by atoms with Crippen molar-refractivity contribution in [1.82, 2.24) is 20.0 Å². The zero-order valence-electron chi connectivity index (χ0n) is 20.3. The van der Waals surface area contributed by atoms with Gasteiger partial charge in [-0.2, -0.15) is 0 Å². The third-order valence-corrected chi connectivity index (χ3v) is 5.97. The van der Waals surface area contributed by atoms with Crippen LogP contribution in [0.15, 0.2) is 91.3 Å². The molecule has 0 bridgehead atoms. The molecule has 0 aliphatic rings. The number of aryl methyl sites for hydroxylation is 1. The van der Waals surface area contributed by atoms with Gasteiger partial charge >= 0.3 is 5.97 Å². The largest absolute Gasteiger partial charge is 0.496 e. The zero-order chi connectivity index (χ0) is 25.8. The van der Waals surface area contributed by atoms with Crippen LogP contribution >= 0.6 is 0 Å². The van der Waals surface area contributed by atoms with E-state index < -0.39 is 5.97 Å². The van der Waals surface area contributed by atoms with Gasteiger partial charge < -0.3 is 14.6 Å². The molecule has 8 heteroatoms. The van der Waals surface area contributed by atoms with Gasteiger partial charge in [-0.15, -0.1) is 5.10 Å². The van der Waals surface area contributed by atoms with Crippen LogP contribution in [-0.2, 0) is 6.61 Å². The number of carboxylic acids is 1. The Morgan fingerprint density at radius 2 is 1.76 bits per heavy atom. The van der Waals surface area contributed by atoms with Crippen LogP contribution in [0.4, 0.5) is 0 Å². The molecular weight excluding hydrogens is 468 g/mol.